The second kappa shape index (κ2) is 5.94. The molecular weight excluding hydrogens is 322 g/mol. The number of hydrogen-bond donors (Lipinski definition) is 1. The van der Waals surface area contributed by atoms with Crippen LogP contribution in [0.4, 0.5) is 0 Å². The molecule has 0 atom stereocenters. The summed E-state index contributed by atoms with van der Waals surface area (Å²) in [6.07, 6.45) is 3.90. The van der Waals surface area contributed by atoms with Crippen molar-refractivity contribution in [3.8, 4) is 5.69 Å². The molecule has 1 heterocycles. The number of hydrogen-bond acceptors (Lipinski definition) is 4. The molecule has 0 bridgehead atoms. The zero-order valence-corrected chi connectivity index (χ0v) is 13.9. The summed E-state index contributed by atoms with van der Waals surface area (Å²) < 4.78 is 1.61. The molecule has 4 rings (SSSR count). The number of amides is 1. The summed E-state index contributed by atoms with van der Waals surface area (Å²) in [5.41, 5.74) is 10.2. The van der Waals surface area contributed by atoms with Crippen molar-refractivity contribution < 1.29 is 4.79 Å². The van der Waals surface area contributed by atoms with Crippen molar-refractivity contribution in [2.75, 3.05) is 5.75 Å². The van der Waals surface area contributed by atoms with Crippen LogP contribution in [0.1, 0.15) is 30.5 Å². The Morgan fingerprint density at radius 2 is 2.04 bits per heavy atom. The highest BCUT2D eigenvalue weighted by Gasteiger charge is 2.31. The molecular formula is C18H17N3O2S. The predicted molar refractivity (Wildman–Crippen MR) is 94.2 cm³/mol. The largest absolute Gasteiger partial charge is 0.369 e. The molecule has 122 valence electrons. The molecule has 0 spiro atoms. The van der Waals surface area contributed by atoms with Crippen LogP contribution in [-0.2, 0) is 11.2 Å². The summed E-state index contributed by atoms with van der Waals surface area (Å²) in [6.45, 7) is 0. The van der Waals surface area contributed by atoms with Gasteiger partial charge in [-0.15, -0.1) is 0 Å². The van der Waals surface area contributed by atoms with Gasteiger partial charge in [-0.1, -0.05) is 35.5 Å². The van der Waals surface area contributed by atoms with Gasteiger partial charge in [0.2, 0.25) is 5.91 Å². The molecule has 2 N–H and O–H groups in total. The lowest BCUT2D eigenvalue weighted by molar-refractivity contribution is -0.115. The van der Waals surface area contributed by atoms with Gasteiger partial charge in [-0.25, -0.2) is 4.98 Å². The Kier molecular flexibility index (Phi) is 3.76. The third kappa shape index (κ3) is 2.47. The summed E-state index contributed by atoms with van der Waals surface area (Å²) in [6, 6.07) is 9.43. The van der Waals surface area contributed by atoms with Crippen LogP contribution < -0.4 is 11.3 Å². The first-order valence-electron chi connectivity index (χ1n) is 7.99. The Morgan fingerprint density at radius 1 is 1.25 bits per heavy atom. The van der Waals surface area contributed by atoms with Crippen LogP contribution in [0, 0.1) is 0 Å². The molecule has 2 aromatic rings. The minimum atomic E-state index is -0.421. The van der Waals surface area contributed by atoms with Crippen LogP contribution in [-0.4, -0.2) is 21.2 Å². The number of nitrogens with two attached hydrogens (primary N) is 1. The van der Waals surface area contributed by atoms with E-state index >= 15 is 0 Å². The maximum atomic E-state index is 13.2. The highest BCUT2D eigenvalue weighted by molar-refractivity contribution is 7.99. The van der Waals surface area contributed by atoms with Crippen LogP contribution in [0.5, 0.6) is 0 Å². The fraction of sp³-hybridized carbons (Fsp3) is 0.278. The number of thioether (sulfide) groups is 1. The number of rotatable bonds is 4. The maximum Gasteiger partial charge on any atom is 0.266 e. The van der Waals surface area contributed by atoms with Gasteiger partial charge < -0.3 is 5.73 Å². The molecule has 0 fully saturated rings. The number of benzene rings is 1. The van der Waals surface area contributed by atoms with Gasteiger partial charge in [0.05, 0.1) is 22.7 Å². The van der Waals surface area contributed by atoms with Gasteiger partial charge in [0.25, 0.3) is 5.56 Å². The smallest absolute Gasteiger partial charge is 0.266 e. The molecule has 0 saturated carbocycles. The molecule has 1 aromatic heterocycles. The molecule has 2 aliphatic rings. The van der Waals surface area contributed by atoms with Crippen molar-refractivity contribution in [1.82, 2.24) is 9.55 Å². The first-order valence-corrected chi connectivity index (χ1v) is 8.97. The van der Waals surface area contributed by atoms with E-state index in [4.69, 9.17) is 10.7 Å². The molecule has 0 unspecified atom stereocenters. The van der Waals surface area contributed by atoms with E-state index in [9.17, 15) is 9.59 Å². The highest BCUT2D eigenvalue weighted by Crippen LogP contribution is 2.41. The normalized spacial score (nSPS) is 15.5. The van der Waals surface area contributed by atoms with Crippen molar-refractivity contribution in [2.24, 2.45) is 5.73 Å². The number of para-hydroxylation sites is 1. The average molecular weight is 339 g/mol. The predicted octanol–water partition coefficient (Wildman–Crippen LogP) is 2.30. The van der Waals surface area contributed by atoms with E-state index in [0.29, 0.717) is 5.16 Å². The van der Waals surface area contributed by atoms with Crippen LogP contribution >= 0.6 is 11.8 Å². The van der Waals surface area contributed by atoms with Crippen molar-refractivity contribution in [2.45, 2.75) is 30.8 Å². The number of aromatic nitrogens is 2. The summed E-state index contributed by atoms with van der Waals surface area (Å²) in [7, 11) is 0. The third-order valence-electron chi connectivity index (χ3n) is 4.50. The van der Waals surface area contributed by atoms with Crippen LogP contribution in [0.25, 0.3) is 11.3 Å². The van der Waals surface area contributed by atoms with Crippen molar-refractivity contribution in [1.29, 1.82) is 0 Å². The number of carbonyl (C=O) groups is 1. The van der Waals surface area contributed by atoms with E-state index in [1.165, 1.54) is 22.9 Å². The Morgan fingerprint density at radius 3 is 2.79 bits per heavy atom. The number of allylic oxidation sites excluding steroid dienone is 2. The Hall–Kier alpha value is -2.34. The van der Waals surface area contributed by atoms with E-state index in [-0.39, 0.29) is 11.3 Å². The first kappa shape index (κ1) is 15.2. The standard InChI is InChI=1S/C18H17N3O2S/c19-15(22)10-24-18-20-14-9-11-5-4-8-13(11)16(14)17(23)21(18)12-6-2-1-3-7-12/h1-3,6-7H,4-5,8-10H2,(H2,19,22). The molecule has 1 aromatic carbocycles. The van der Waals surface area contributed by atoms with Crippen LogP contribution in [0.15, 0.2) is 45.9 Å². The molecule has 5 nitrogen and oxygen atoms in total. The van der Waals surface area contributed by atoms with Gasteiger partial charge in [0.1, 0.15) is 0 Å². The summed E-state index contributed by atoms with van der Waals surface area (Å²) in [5.74, 6) is -0.319. The summed E-state index contributed by atoms with van der Waals surface area (Å²) in [5, 5.41) is 0.532. The van der Waals surface area contributed by atoms with Crippen LogP contribution in [0.3, 0.4) is 0 Å². The Bertz CT molecular complexity index is 916. The highest BCUT2D eigenvalue weighted by atomic mass is 32.2. The topological polar surface area (TPSA) is 78.0 Å². The molecule has 1 amide bonds. The maximum absolute atomic E-state index is 13.2. The monoisotopic (exact) mass is 339 g/mol. The molecule has 2 aliphatic carbocycles. The van der Waals surface area contributed by atoms with Crippen molar-refractivity contribution in [3.63, 3.8) is 0 Å². The van der Waals surface area contributed by atoms with Gasteiger partial charge in [-0.2, -0.15) is 0 Å². The number of nitrogens with zero attached hydrogens (tertiary/aromatic N) is 2. The van der Waals surface area contributed by atoms with E-state index in [2.05, 4.69) is 0 Å². The van der Waals surface area contributed by atoms with E-state index in [0.717, 1.165) is 42.6 Å². The molecule has 6 heteroatoms. The van der Waals surface area contributed by atoms with Gasteiger partial charge in [0.15, 0.2) is 5.16 Å². The second-order valence-corrected chi connectivity index (χ2v) is 7.00. The van der Waals surface area contributed by atoms with Gasteiger partial charge in [-0.3, -0.25) is 14.2 Å². The average Bonchev–Trinajstić information content (AvgIpc) is 3.14. The van der Waals surface area contributed by atoms with E-state index in [1.54, 1.807) is 4.57 Å². The number of fused-ring (bicyclic) bond motifs is 2. The van der Waals surface area contributed by atoms with E-state index in [1.807, 2.05) is 30.3 Å². The Balaban J connectivity index is 1.90. The van der Waals surface area contributed by atoms with E-state index < -0.39 is 5.91 Å². The lowest BCUT2D eigenvalue weighted by Gasteiger charge is -2.14. The summed E-state index contributed by atoms with van der Waals surface area (Å²) in [4.78, 5) is 29.1. The third-order valence-corrected chi connectivity index (χ3v) is 5.46. The van der Waals surface area contributed by atoms with Crippen molar-refractivity contribution >= 4 is 23.2 Å². The van der Waals surface area contributed by atoms with Gasteiger partial charge in [0, 0.05) is 6.42 Å². The minimum Gasteiger partial charge on any atom is -0.369 e. The molecule has 0 saturated heterocycles. The first-order chi connectivity index (χ1) is 11.6. The zero-order valence-electron chi connectivity index (χ0n) is 13.1. The Labute approximate surface area is 143 Å². The van der Waals surface area contributed by atoms with Crippen molar-refractivity contribution in [3.05, 3.63) is 57.5 Å². The SMILES string of the molecule is NC(=O)CSc1nc2c(c(=O)n1-c1ccccc1)C1=C(CCC1)C2. The molecule has 0 aliphatic heterocycles. The quantitative estimate of drug-likeness (QED) is 0.685. The van der Waals surface area contributed by atoms with Gasteiger partial charge in [-0.05, 0) is 37.0 Å². The number of primary amides is 1. The second-order valence-electron chi connectivity index (χ2n) is 6.06. The zero-order chi connectivity index (χ0) is 16.7. The minimum absolute atomic E-state index is 0.0370. The fourth-order valence-electron chi connectivity index (χ4n) is 3.52. The van der Waals surface area contributed by atoms with Crippen LogP contribution in [0.2, 0.25) is 0 Å². The molecule has 0 radical (unpaired) electrons. The summed E-state index contributed by atoms with van der Waals surface area (Å²) >= 11 is 1.22. The fourth-order valence-corrected chi connectivity index (χ4v) is 4.28. The lowest BCUT2D eigenvalue weighted by Crippen LogP contribution is -2.26. The van der Waals surface area contributed by atoms with Gasteiger partial charge >= 0.3 is 0 Å². The number of carbonyl (C=O) groups excluding carboxylic acids is 1. The molecule has 24 heavy (non-hydrogen) atoms. The lowest BCUT2D eigenvalue weighted by atomic mass is 10.1.